The van der Waals surface area contributed by atoms with Crippen molar-refractivity contribution in [1.29, 1.82) is 0 Å². The number of hydrogen-bond donors (Lipinski definition) is 0. The molecule has 1 fully saturated rings. The molecule has 2 amide bonds. The summed E-state index contributed by atoms with van der Waals surface area (Å²) < 4.78 is 16.8. The van der Waals surface area contributed by atoms with Crippen LogP contribution < -0.4 is 9.47 Å². The first-order valence-electron chi connectivity index (χ1n) is 10.7. The molecule has 0 aliphatic carbocycles. The monoisotopic (exact) mass is 474 g/mol. The van der Waals surface area contributed by atoms with Crippen LogP contribution >= 0.6 is 11.3 Å². The first-order valence-corrected chi connectivity index (χ1v) is 11.6. The van der Waals surface area contributed by atoms with Gasteiger partial charge in [0, 0.05) is 30.6 Å². The predicted molar refractivity (Wildman–Crippen MR) is 125 cm³/mol. The number of ketones is 1. The highest BCUT2D eigenvalue weighted by Crippen LogP contribution is 2.24. The van der Waals surface area contributed by atoms with E-state index >= 15 is 0 Å². The fourth-order valence-electron chi connectivity index (χ4n) is 3.68. The summed E-state index contributed by atoms with van der Waals surface area (Å²) in [6.07, 6.45) is -0.383. The second-order valence-corrected chi connectivity index (χ2v) is 9.15. The predicted octanol–water partition coefficient (Wildman–Crippen LogP) is 3.25. The Morgan fingerprint density at radius 2 is 1.76 bits per heavy atom. The maximum atomic E-state index is 13.2. The van der Waals surface area contributed by atoms with Gasteiger partial charge in [-0.25, -0.2) is 0 Å². The van der Waals surface area contributed by atoms with Crippen LogP contribution in [0.25, 0.3) is 0 Å². The minimum absolute atomic E-state index is 0.0268. The molecule has 1 aromatic heterocycles. The Bertz CT molecular complexity index is 996. The molecule has 9 heteroatoms. The molecule has 178 valence electrons. The van der Waals surface area contributed by atoms with E-state index in [1.807, 2.05) is 26.0 Å². The van der Waals surface area contributed by atoms with Gasteiger partial charge in [0.05, 0.1) is 37.4 Å². The van der Waals surface area contributed by atoms with Gasteiger partial charge in [-0.2, -0.15) is 0 Å². The van der Waals surface area contributed by atoms with Gasteiger partial charge in [-0.3, -0.25) is 14.4 Å². The Morgan fingerprint density at radius 3 is 2.30 bits per heavy atom. The lowest BCUT2D eigenvalue weighted by atomic mass is 10.2. The van der Waals surface area contributed by atoms with Gasteiger partial charge in [-0.05, 0) is 44.5 Å². The SMILES string of the molecule is COc1cc(CO[C@H]2CN(C(=O)c3csc(C(C)=O)c3)CC(=O)N(C(C)C)C2)cc(OC)c1. The average molecular weight is 475 g/mol. The number of carbonyl (C=O) groups is 3. The largest absolute Gasteiger partial charge is 0.497 e. The Morgan fingerprint density at radius 1 is 1.09 bits per heavy atom. The lowest BCUT2D eigenvalue weighted by molar-refractivity contribution is -0.133. The number of ether oxygens (including phenoxy) is 3. The molecule has 0 unspecified atom stereocenters. The van der Waals surface area contributed by atoms with Crippen molar-refractivity contribution in [3.8, 4) is 11.5 Å². The number of rotatable bonds is 8. The van der Waals surface area contributed by atoms with Gasteiger partial charge in [0.1, 0.15) is 18.0 Å². The van der Waals surface area contributed by atoms with Crippen molar-refractivity contribution >= 4 is 28.9 Å². The van der Waals surface area contributed by atoms with E-state index in [0.717, 1.165) is 5.56 Å². The lowest BCUT2D eigenvalue weighted by Crippen LogP contribution is -2.42. The zero-order chi connectivity index (χ0) is 24.1. The number of hydrogen-bond acceptors (Lipinski definition) is 7. The number of methoxy groups -OCH3 is 2. The molecule has 1 saturated heterocycles. The maximum Gasteiger partial charge on any atom is 0.255 e. The molecule has 1 aromatic carbocycles. The van der Waals surface area contributed by atoms with E-state index < -0.39 is 0 Å². The highest BCUT2D eigenvalue weighted by Gasteiger charge is 2.33. The summed E-state index contributed by atoms with van der Waals surface area (Å²) in [6, 6.07) is 7.07. The molecule has 8 nitrogen and oxygen atoms in total. The maximum absolute atomic E-state index is 13.2. The van der Waals surface area contributed by atoms with Crippen LogP contribution in [-0.4, -0.2) is 73.4 Å². The quantitative estimate of drug-likeness (QED) is 0.546. The molecule has 0 bridgehead atoms. The van der Waals surface area contributed by atoms with Crippen molar-refractivity contribution in [2.45, 2.75) is 39.5 Å². The van der Waals surface area contributed by atoms with E-state index in [2.05, 4.69) is 0 Å². The second-order valence-electron chi connectivity index (χ2n) is 8.24. The van der Waals surface area contributed by atoms with E-state index in [4.69, 9.17) is 14.2 Å². The number of carbonyl (C=O) groups excluding carboxylic acids is 3. The molecular formula is C24H30N2O6S. The molecule has 33 heavy (non-hydrogen) atoms. The van der Waals surface area contributed by atoms with Crippen LogP contribution in [0.4, 0.5) is 0 Å². The number of thiophene rings is 1. The number of nitrogens with zero attached hydrogens (tertiary/aromatic N) is 2. The van der Waals surface area contributed by atoms with Crippen molar-refractivity contribution in [3.05, 3.63) is 45.6 Å². The molecule has 0 radical (unpaired) electrons. The van der Waals surface area contributed by atoms with Crippen LogP contribution in [0.3, 0.4) is 0 Å². The Hall–Kier alpha value is -2.91. The summed E-state index contributed by atoms with van der Waals surface area (Å²) in [5.41, 5.74) is 1.27. The molecule has 1 atom stereocenters. The number of amides is 2. The Kier molecular flexibility index (Phi) is 8.10. The molecule has 0 spiro atoms. The van der Waals surface area contributed by atoms with Crippen LogP contribution in [-0.2, 0) is 16.1 Å². The first kappa shape index (κ1) is 24.7. The van der Waals surface area contributed by atoms with Gasteiger partial charge >= 0.3 is 0 Å². The number of Topliss-reactive ketones (excluding diaryl/α,β-unsaturated/α-hetero) is 1. The molecule has 1 aliphatic heterocycles. The Balaban J connectivity index is 1.79. The third kappa shape index (κ3) is 6.11. The van der Waals surface area contributed by atoms with Crippen molar-refractivity contribution < 1.29 is 28.6 Å². The minimum Gasteiger partial charge on any atom is -0.497 e. The standard InChI is InChI=1S/C24H30N2O6S/c1-15(2)26-11-21(32-13-17-6-19(30-4)9-20(7-17)31-5)10-25(12-23(26)28)24(29)18-8-22(16(3)27)33-14-18/h6-9,14-15,21H,10-13H2,1-5H3/t21-/m0/s1. The zero-order valence-electron chi connectivity index (χ0n) is 19.6. The molecule has 2 heterocycles. The third-order valence-electron chi connectivity index (χ3n) is 5.47. The fourth-order valence-corrected chi connectivity index (χ4v) is 4.47. The van der Waals surface area contributed by atoms with Crippen LogP contribution in [0.5, 0.6) is 11.5 Å². The summed E-state index contributed by atoms with van der Waals surface area (Å²) in [7, 11) is 3.17. The van der Waals surface area contributed by atoms with E-state index in [9.17, 15) is 14.4 Å². The number of benzene rings is 1. The van der Waals surface area contributed by atoms with Crippen LogP contribution in [0, 0.1) is 0 Å². The zero-order valence-corrected chi connectivity index (χ0v) is 20.4. The summed E-state index contributed by atoms with van der Waals surface area (Å²) in [5.74, 6) is 0.808. The molecular weight excluding hydrogens is 444 g/mol. The highest BCUT2D eigenvalue weighted by molar-refractivity contribution is 7.12. The van der Waals surface area contributed by atoms with Gasteiger partial charge in [0.25, 0.3) is 5.91 Å². The summed E-state index contributed by atoms with van der Waals surface area (Å²) >= 11 is 1.23. The molecule has 2 aromatic rings. The third-order valence-corrected chi connectivity index (χ3v) is 6.50. The molecule has 3 rings (SSSR count). The van der Waals surface area contributed by atoms with Gasteiger partial charge in [0.2, 0.25) is 5.91 Å². The highest BCUT2D eigenvalue weighted by atomic mass is 32.1. The lowest BCUT2D eigenvalue weighted by Gasteiger charge is -2.27. The summed E-state index contributed by atoms with van der Waals surface area (Å²) in [5, 5.41) is 1.66. The first-order chi connectivity index (χ1) is 15.7. The topological polar surface area (TPSA) is 85.4 Å². The molecule has 0 saturated carbocycles. The molecule has 0 N–H and O–H groups in total. The van der Waals surface area contributed by atoms with Crippen molar-refractivity contribution in [1.82, 2.24) is 9.80 Å². The van der Waals surface area contributed by atoms with E-state index in [0.29, 0.717) is 28.5 Å². The van der Waals surface area contributed by atoms with Gasteiger partial charge in [-0.1, -0.05) is 0 Å². The smallest absolute Gasteiger partial charge is 0.255 e. The van der Waals surface area contributed by atoms with Crippen LogP contribution in [0.2, 0.25) is 0 Å². The Labute approximate surface area is 198 Å². The molecule has 1 aliphatic rings. The van der Waals surface area contributed by atoms with Gasteiger partial charge in [-0.15, -0.1) is 11.3 Å². The fraction of sp³-hybridized carbons (Fsp3) is 0.458. The van der Waals surface area contributed by atoms with Gasteiger partial charge in [0.15, 0.2) is 5.78 Å². The van der Waals surface area contributed by atoms with E-state index in [1.165, 1.54) is 23.2 Å². The van der Waals surface area contributed by atoms with Crippen molar-refractivity contribution in [3.63, 3.8) is 0 Å². The summed E-state index contributed by atoms with van der Waals surface area (Å²) in [6.45, 7) is 6.23. The second kappa shape index (κ2) is 10.8. The summed E-state index contributed by atoms with van der Waals surface area (Å²) in [4.78, 5) is 41.4. The van der Waals surface area contributed by atoms with Crippen LogP contribution in [0.15, 0.2) is 29.6 Å². The van der Waals surface area contributed by atoms with Crippen molar-refractivity contribution in [2.24, 2.45) is 0 Å². The van der Waals surface area contributed by atoms with Crippen molar-refractivity contribution in [2.75, 3.05) is 33.9 Å². The normalized spacial score (nSPS) is 16.7. The average Bonchev–Trinajstić information content (AvgIpc) is 3.23. The van der Waals surface area contributed by atoms with Crippen LogP contribution in [0.1, 0.15) is 46.4 Å². The van der Waals surface area contributed by atoms with E-state index in [-0.39, 0.29) is 49.4 Å². The van der Waals surface area contributed by atoms with Gasteiger partial charge < -0.3 is 24.0 Å². The van der Waals surface area contributed by atoms with E-state index in [1.54, 1.807) is 36.6 Å². The minimum atomic E-state index is -0.383.